The Balaban J connectivity index is 1.73. The van der Waals surface area contributed by atoms with Crippen LogP contribution in [0, 0.1) is 5.92 Å². The van der Waals surface area contributed by atoms with Crippen molar-refractivity contribution >= 4 is 5.95 Å². The molecule has 1 aromatic heterocycles. The fourth-order valence-corrected chi connectivity index (χ4v) is 2.84. The maximum absolute atomic E-state index is 9.33. The second kappa shape index (κ2) is 6.13. The number of piperidine rings is 1. The van der Waals surface area contributed by atoms with Gasteiger partial charge in [0, 0.05) is 18.7 Å². The van der Waals surface area contributed by atoms with Crippen molar-refractivity contribution in [3.05, 3.63) is 24.3 Å². The summed E-state index contributed by atoms with van der Waals surface area (Å²) in [6.07, 6.45) is 2.43. The van der Waals surface area contributed by atoms with E-state index >= 15 is 0 Å². The molecule has 0 saturated carbocycles. The number of hydrogen-bond donors (Lipinski definition) is 3. The highest BCUT2D eigenvalue weighted by Crippen LogP contribution is 2.23. The lowest BCUT2D eigenvalue weighted by atomic mass is 9.98. The van der Waals surface area contributed by atoms with E-state index in [9.17, 15) is 5.11 Å². The molecule has 0 spiro atoms. The van der Waals surface area contributed by atoms with E-state index in [1.54, 1.807) is 12.1 Å². The summed E-state index contributed by atoms with van der Waals surface area (Å²) in [6.45, 7) is 3.03. The number of nitrogens with zero attached hydrogens (tertiary/aromatic N) is 3. The molecule has 0 aliphatic carbocycles. The van der Waals surface area contributed by atoms with Gasteiger partial charge in [0.15, 0.2) is 5.82 Å². The summed E-state index contributed by atoms with van der Waals surface area (Å²) in [7, 11) is 1.99. The van der Waals surface area contributed by atoms with E-state index < -0.39 is 0 Å². The first-order valence-corrected chi connectivity index (χ1v) is 7.37. The summed E-state index contributed by atoms with van der Waals surface area (Å²) < 4.78 is 0. The summed E-state index contributed by atoms with van der Waals surface area (Å²) in [5.41, 5.74) is 0.926. The molecule has 1 fully saturated rings. The van der Waals surface area contributed by atoms with Crippen molar-refractivity contribution in [1.82, 2.24) is 20.5 Å². The zero-order valence-corrected chi connectivity index (χ0v) is 12.2. The molecule has 1 aromatic carbocycles. The molecule has 0 bridgehead atoms. The lowest BCUT2D eigenvalue weighted by Crippen LogP contribution is -2.39. The summed E-state index contributed by atoms with van der Waals surface area (Å²) in [5.74, 6) is 2.41. The second-order valence-corrected chi connectivity index (χ2v) is 5.54. The Kier molecular flexibility index (Phi) is 4.06. The van der Waals surface area contributed by atoms with E-state index in [0.29, 0.717) is 5.92 Å². The molecule has 2 heterocycles. The SMILES string of the molecule is CNCC1CCCN(c2n[nH]c(-c3ccc(O)cc3)n2)C1. The molecular weight excluding hydrogens is 266 g/mol. The normalized spacial score (nSPS) is 18.9. The van der Waals surface area contributed by atoms with Crippen molar-refractivity contribution in [2.45, 2.75) is 12.8 Å². The highest BCUT2D eigenvalue weighted by Gasteiger charge is 2.22. The number of H-pyrrole nitrogens is 1. The fourth-order valence-electron chi connectivity index (χ4n) is 2.84. The van der Waals surface area contributed by atoms with E-state index in [4.69, 9.17) is 0 Å². The monoisotopic (exact) mass is 287 g/mol. The minimum absolute atomic E-state index is 0.254. The summed E-state index contributed by atoms with van der Waals surface area (Å²) in [6, 6.07) is 6.97. The molecule has 0 amide bonds. The molecule has 3 N–H and O–H groups in total. The maximum Gasteiger partial charge on any atom is 0.245 e. The number of anilines is 1. The van der Waals surface area contributed by atoms with E-state index in [0.717, 1.165) is 37.0 Å². The van der Waals surface area contributed by atoms with Crippen molar-refractivity contribution < 1.29 is 5.11 Å². The Morgan fingerprint density at radius 1 is 1.38 bits per heavy atom. The van der Waals surface area contributed by atoms with E-state index in [1.807, 2.05) is 19.2 Å². The summed E-state index contributed by atoms with van der Waals surface area (Å²) in [5, 5.41) is 19.9. The minimum Gasteiger partial charge on any atom is -0.508 e. The lowest BCUT2D eigenvalue weighted by molar-refractivity contribution is 0.399. The number of aromatic hydroxyl groups is 1. The number of phenolic OH excluding ortho intramolecular Hbond substituents is 1. The van der Waals surface area contributed by atoms with Crippen molar-refractivity contribution in [1.29, 1.82) is 0 Å². The van der Waals surface area contributed by atoms with Crippen LogP contribution in [-0.2, 0) is 0 Å². The molecule has 2 aromatic rings. The van der Waals surface area contributed by atoms with Gasteiger partial charge in [-0.05, 0) is 56.6 Å². The lowest BCUT2D eigenvalue weighted by Gasteiger charge is -2.31. The van der Waals surface area contributed by atoms with Gasteiger partial charge < -0.3 is 15.3 Å². The molecule has 21 heavy (non-hydrogen) atoms. The van der Waals surface area contributed by atoms with Crippen molar-refractivity contribution in [3.63, 3.8) is 0 Å². The Labute approximate surface area is 124 Å². The van der Waals surface area contributed by atoms with Crippen LogP contribution in [0.25, 0.3) is 11.4 Å². The van der Waals surface area contributed by atoms with Gasteiger partial charge in [0.05, 0.1) is 0 Å². The number of benzene rings is 1. The third-order valence-corrected chi connectivity index (χ3v) is 3.91. The Morgan fingerprint density at radius 2 is 2.19 bits per heavy atom. The van der Waals surface area contributed by atoms with Crippen molar-refractivity contribution in [2.24, 2.45) is 5.92 Å². The van der Waals surface area contributed by atoms with Crippen LogP contribution >= 0.6 is 0 Å². The number of aromatic nitrogens is 3. The van der Waals surface area contributed by atoms with E-state index in [2.05, 4.69) is 25.4 Å². The van der Waals surface area contributed by atoms with Gasteiger partial charge in [-0.2, -0.15) is 4.98 Å². The van der Waals surface area contributed by atoms with Crippen molar-refractivity contribution in [3.8, 4) is 17.1 Å². The average Bonchev–Trinajstić information content (AvgIpc) is 2.98. The highest BCUT2D eigenvalue weighted by molar-refractivity contribution is 5.57. The van der Waals surface area contributed by atoms with Crippen LogP contribution in [0.5, 0.6) is 5.75 Å². The number of rotatable bonds is 4. The average molecular weight is 287 g/mol. The van der Waals surface area contributed by atoms with Gasteiger partial charge in [0.25, 0.3) is 0 Å². The molecule has 1 saturated heterocycles. The standard InChI is InChI=1S/C15H21N5O/c1-16-9-11-3-2-8-20(10-11)15-17-14(18-19-15)12-4-6-13(21)7-5-12/h4-7,11,16,21H,2-3,8-10H2,1H3,(H,17,18,19). The molecular formula is C15H21N5O. The quantitative estimate of drug-likeness (QED) is 0.796. The van der Waals surface area contributed by atoms with Gasteiger partial charge in [-0.3, -0.25) is 5.10 Å². The number of hydrogen-bond acceptors (Lipinski definition) is 5. The number of phenols is 1. The molecule has 1 unspecified atom stereocenters. The van der Waals surface area contributed by atoms with Crippen LogP contribution in [-0.4, -0.2) is 47.0 Å². The van der Waals surface area contributed by atoms with E-state index in [1.165, 1.54) is 12.8 Å². The van der Waals surface area contributed by atoms with Crippen LogP contribution in [0.15, 0.2) is 24.3 Å². The summed E-state index contributed by atoms with van der Waals surface area (Å²) >= 11 is 0. The second-order valence-electron chi connectivity index (χ2n) is 5.54. The Bertz CT molecular complexity index is 578. The van der Waals surface area contributed by atoms with Crippen LogP contribution < -0.4 is 10.2 Å². The number of aromatic amines is 1. The van der Waals surface area contributed by atoms with Gasteiger partial charge in [0.2, 0.25) is 5.95 Å². The molecule has 1 atom stereocenters. The smallest absolute Gasteiger partial charge is 0.245 e. The molecule has 0 radical (unpaired) electrons. The molecule has 6 nitrogen and oxygen atoms in total. The van der Waals surface area contributed by atoms with Crippen LogP contribution in [0.4, 0.5) is 5.95 Å². The molecule has 1 aliphatic heterocycles. The topological polar surface area (TPSA) is 77.1 Å². The third-order valence-electron chi connectivity index (χ3n) is 3.91. The Morgan fingerprint density at radius 3 is 2.95 bits per heavy atom. The van der Waals surface area contributed by atoms with Gasteiger partial charge >= 0.3 is 0 Å². The zero-order chi connectivity index (χ0) is 14.7. The van der Waals surface area contributed by atoms with Crippen LogP contribution in [0.2, 0.25) is 0 Å². The zero-order valence-electron chi connectivity index (χ0n) is 12.2. The predicted molar refractivity (Wildman–Crippen MR) is 82.3 cm³/mol. The molecule has 6 heteroatoms. The predicted octanol–water partition coefficient (Wildman–Crippen LogP) is 1.61. The molecule has 1 aliphatic rings. The van der Waals surface area contributed by atoms with Gasteiger partial charge in [-0.15, -0.1) is 5.10 Å². The largest absolute Gasteiger partial charge is 0.508 e. The van der Waals surface area contributed by atoms with Gasteiger partial charge in [-0.1, -0.05) is 0 Å². The minimum atomic E-state index is 0.254. The van der Waals surface area contributed by atoms with Gasteiger partial charge in [0.1, 0.15) is 5.75 Å². The summed E-state index contributed by atoms with van der Waals surface area (Å²) in [4.78, 5) is 6.83. The van der Waals surface area contributed by atoms with Crippen molar-refractivity contribution in [2.75, 3.05) is 31.6 Å². The van der Waals surface area contributed by atoms with E-state index in [-0.39, 0.29) is 5.75 Å². The third kappa shape index (κ3) is 3.16. The number of nitrogens with one attached hydrogen (secondary N) is 2. The Hall–Kier alpha value is -2.08. The van der Waals surface area contributed by atoms with Crippen LogP contribution in [0.1, 0.15) is 12.8 Å². The first kappa shape index (κ1) is 13.9. The first-order valence-electron chi connectivity index (χ1n) is 7.37. The highest BCUT2D eigenvalue weighted by atomic mass is 16.3. The molecule has 3 rings (SSSR count). The van der Waals surface area contributed by atoms with Gasteiger partial charge in [-0.25, -0.2) is 0 Å². The maximum atomic E-state index is 9.33. The van der Waals surface area contributed by atoms with Crippen LogP contribution in [0.3, 0.4) is 0 Å². The first-order chi connectivity index (χ1) is 10.3. The fraction of sp³-hybridized carbons (Fsp3) is 0.467. The molecule has 112 valence electrons.